The van der Waals surface area contributed by atoms with Gasteiger partial charge < -0.3 is 14.8 Å². The summed E-state index contributed by atoms with van der Waals surface area (Å²) in [6.45, 7) is -0.203. The monoisotopic (exact) mass is 584 g/mol. The van der Waals surface area contributed by atoms with Crippen LogP contribution < -0.4 is 14.4 Å². The van der Waals surface area contributed by atoms with Crippen LogP contribution in [0.5, 0.6) is 5.75 Å². The largest absolute Gasteiger partial charge is 0.484 e. The number of ether oxygens (including phenoxy) is 2. The van der Waals surface area contributed by atoms with E-state index in [1.807, 2.05) is 0 Å². The van der Waals surface area contributed by atoms with Crippen molar-refractivity contribution in [1.82, 2.24) is 5.32 Å². The number of hydrogen-bond acceptors (Lipinski definition) is 6. The summed E-state index contributed by atoms with van der Waals surface area (Å²) in [6.07, 6.45) is -5.84. The van der Waals surface area contributed by atoms with Gasteiger partial charge in [-0.2, -0.15) is 13.2 Å². The molecule has 1 unspecified atom stereocenters. The topological polar surface area (TPSA) is 102 Å². The zero-order chi connectivity index (χ0) is 29.2. The maximum Gasteiger partial charge on any atom is 0.416 e. The van der Waals surface area contributed by atoms with Gasteiger partial charge in [0.2, 0.25) is 0 Å². The van der Waals surface area contributed by atoms with E-state index in [1.165, 1.54) is 18.2 Å². The molecule has 0 saturated heterocycles. The summed E-state index contributed by atoms with van der Waals surface area (Å²) in [4.78, 5) is 22.2. The molecule has 1 atom stereocenters. The number of carbonyl (C=O) groups is 2. The van der Waals surface area contributed by atoms with Crippen LogP contribution in [-0.4, -0.2) is 46.1 Å². The van der Waals surface area contributed by atoms with Crippen LogP contribution >= 0.6 is 0 Å². The Morgan fingerprint density at radius 2 is 1.82 bits per heavy atom. The molecular weight excluding hydrogens is 563 g/mol. The molecule has 0 spiro atoms. The van der Waals surface area contributed by atoms with Crippen molar-refractivity contribution in [3.8, 4) is 16.9 Å². The smallest absolute Gasteiger partial charge is 0.416 e. The fourth-order valence-electron chi connectivity index (χ4n) is 3.94. The zero-order valence-corrected chi connectivity index (χ0v) is 21.5. The highest BCUT2D eigenvalue weighted by atomic mass is 32.2. The van der Waals surface area contributed by atoms with Crippen molar-refractivity contribution in [2.75, 3.05) is 24.0 Å². The Bertz CT molecular complexity index is 1560. The lowest BCUT2D eigenvalue weighted by molar-refractivity contribution is -0.146. The van der Waals surface area contributed by atoms with Gasteiger partial charge in [-0.3, -0.25) is 13.9 Å². The summed E-state index contributed by atoms with van der Waals surface area (Å²) in [5, 5.41) is 2.43. The molecule has 1 aliphatic heterocycles. The van der Waals surface area contributed by atoms with E-state index in [-0.39, 0.29) is 29.1 Å². The Morgan fingerprint density at radius 1 is 1.07 bits per heavy atom. The molecule has 4 rings (SSSR count). The highest BCUT2D eigenvalue weighted by Crippen LogP contribution is 2.41. The van der Waals surface area contributed by atoms with Crippen LogP contribution in [0.3, 0.4) is 0 Å². The van der Waals surface area contributed by atoms with E-state index in [9.17, 15) is 40.0 Å². The molecule has 1 N–H and O–H groups in total. The predicted molar refractivity (Wildman–Crippen MR) is 132 cm³/mol. The van der Waals surface area contributed by atoms with E-state index in [2.05, 4.69) is 10.1 Å². The number of anilines is 1. The van der Waals surface area contributed by atoms with Crippen LogP contribution in [0, 0.1) is 11.6 Å². The number of rotatable bonds is 7. The van der Waals surface area contributed by atoms with Crippen LogP contribution in [0.15, 0.2) is 65.6 Å². The number of benzene rings is 3. The van der Waals surface area contributed by atoms with Crippen LogP contribution in [0.25, 0.3) is 11.1 Å². The molecule has 3 aromatic carbocycles. The first kappa shape index (κ1) is 28.8. The number of fused-ring (bicyclic) bond motifs is 1. The van der Waals surface area contributed by atoms with Gasteiger partial charge in [0.15, 0.2) is 6.61 Å². The summed E-state index contributed by atoms with van der Waals surface area (Å²) < 4.78 is 107. The number of esters is 1. The van der Waals surface area contributed by atoms with Crippen LogP contribution in [0.4, 0.5) is 27.6 Å². The average Bonchev–Trinajstić information content (AvgIpc) is 2.90. The first-order valence-corrected chi connectivity index (χ1v) is 13.1. The minimum Gasteiger partial charge on any atom is -0.484 e. The molecule has 212 valence electrons. The molecule has 0 aromatic heterocycles. The molecule has 3 aromatic rings. The standard InChI is InChI=1S/C26H21F5N2O6S/c1-15(34)38-14-25(35)32-12-19-13-33(40(36,37)20-4-2-3-17(10-20)26(29,30)31)23-9-16(5-8-24(23)39-19)21-11-18(27)6-7-22(21)28/h2-11,19H,12-14H2,1H3,(H,32,35). The van der Waals surface area contributed by atoms with Crippen molar-refractivity contribution in [3.05, 3.63) is 77.9 Å². The molecule has 0 saturated carbocycles. The second-order valence-electron chi connectivity index (χ2n) is 8.69. The number of sulfonamides is 1. The third-order valence-corrected chi connectivity index (χ3v) is 7.59. The number of nitrogens with one attached hydrogen (secondary N) is 1. The molecule has 0 aliphatic carbocycles. The van der Waals surface area contributed by atoms with Gasteiger partial charge in [0.05, 0.1) is 29.2 Å². The molecule has 1 aliphatic rings. The summed E-state index contributed by atoms with van der Waals surface area (Å²) >= 11 is 0. The maximum absolute atomic E-state index is 14.5. The van der Waals surface area contributed by atoms with Crippen molar-refractivity contribution in [1.29, 1.82) is 0 Å². The molecule has 0 bridgehead atoms. The second-order valence-corrected chi connectivity index (χ2v) is 10.6. The summed E-state index contributed by atoms with van der Waals surface area (Å²) in [7, 11) is -4.66. The van der Waals surface area contributed by atoms with Gasteiger partial charge in [-0.15, -0.1) is 0 Å². The number of amides is 1. The van der Waals surface area contributed by atoms with Gasteiger partial charge in [0.1, 0.15) is 23.5 Å². The van der Waals surface area contributed by atoms with Crippen molar-refractivity contribution in [2.45, 2.75) is 24.1 Å². The average molecular weight is 585 g/mol. The van der Waals surface area contributed by atoms with E-state index in [0.717, 1.165) is 47.6 Å². The van der Waals surface area contributed by atoms with Crippen LogP contribution in [0.2, 0.25) is 0 Å². The van der Waals surface area contributed by atoms with Gasteiger partial charge in [-0.05, 0) is 54.1 Å². The number of alkyl halides is 3. The first-order valence-electron chi connectivity index (χ1n) is 11.6. The minimum absolute atomic E-state index is 0.0402. The molecule has 40 heavy (non-hydrogen) atoms. The SMILES string of the molecule is CC(=O)OCC(=O)NCC1CN(S(=O)(=O)c2cccc(C(F)(F)F)c2)c2cc(-c3cc(F)ccc3F)ccc2O1. The minimum atomic E-state index is -4.81. The number of nitrogens with zero attached hydrogens (tertiary/aromatic N) is 1. The van der Waals surface area contributed by atoms with Gasteiger partial charge in [0, 0.05) is 12.5 Å². The van der Waals surface area contributed by atoms with Gasteiger partial charge in [-0.25, -0.2) is 17.2 Å². The molecule has 0 radical (unpaired) electrons. The molecule has 1 amide bonds. The molecule has 8 nitrogen and oxygen atoms in total. The number of carbonyl (C=O) groups excluding carboxylic acids is 2. The second kappa shape index (κ2) is 11.1. The van der Waals surface area contributed by atoms with Crippen molar-refractivity contribution < 1.29 is 49.4 Å². The van der Waals surface area contributed by atoms with Gasteiger partial charge >= 0.3 is 12.1 Å². The molecule has 1 heterocycles. The van der Waals surface area contributed by atoms with Gasteiger partial charge in [-0.1, -0.05) is 12.1 Å². The van der Waals surface area contributed by atoms with E-state index in [1.54, 1.807) is 0 Å². The first-order chi connectivity index (χ1) is 18.8. The van der Waals surface area contributed by atoms with E-state index < -0.39 is 69.4 Å². The summed E-state index contributed by atoms with van der Waals surface area (Å²) in [6, 6.07) is 9.73. The molecule has 0 fully saturated rings. The fourth-order valence-corrected chi connectivity index (χ4v) is 5.48. The molecular formula is C26H21F5N2O6S. The third-order valence-electron chi connectivity index (χ3n) is 5.81. The number of hydrogen-bond donors (Lipinski definition) is 1. The van der Waals surface area contributed by atoms with Gasteiger partial charge in [0.25, 0.3) is 15.9 Å². The Hall–Kier alpha value is -4.20. The number of halogens is 5. The maximum atomic E-state index is 14.5. The highest BCUT2D eigenvalue weighted by molar-refractivity contribution is 7.92. The van der Waals surface area contributed by atoms with E-state index in [4.69, 9.17) is 4.74 Å². The Balaban J connectivity index is 1.74. The zero-order valence-electron chi connectivity index (χ0n) is 20.7. The third kappa shape index (κ3) is 6.33. The van der Waals surface area contributed by atoms with Crippen molar-refractivity contribution in [2.24, 2.45) is 0 Å². The van der Waals surface area contributed by atoms with Crippen LogP contribution in [0.1, 0.15) is 12.5 Å². The van der Waals surface area contributed by atoms with Crippen molar-refractivity contribution >= 4 is 27.6 Å². The van der Waals surface area contributed by atoms with E-state index in [0.29, 0.717) is 6.07 Å². The Morgan fingerprint density at radius 3 is 2.52 bits per heavy atom. The van der Waals surface area contributed by atoms with Crippen molar-refractivity contribution in [3.63, 3.8) is 0 Å². The predicted octanol–water partition coefficient (Wildman–Crippen LogP) is 4.29. The lowest BCUT2D eigenvalue weighted by Gasteiger charge is -2.36. The Labute approximate surface area is 225 Å². The lowest BCUT2D eigenvalue weighted by Crippen LogP contribution is -2.48. The van der Waals surface area contributed by atoms with Crippen LogP contribution in [-0.2, 0) is 30.5 Å². The molecule has 14 heteroatoms. The quantitative estimate of drug-likeness (QED) is 0.329. The summed E-state index contributed by atoms with van der Waals surface area (Å²) in [5.74, 6) is -2.97. The fraction of sp³-hybridized carbons (Fsp3) is 0.231. The highest BCUT2D eigenvalue weighted by Gasteiger charge is 2.37. The normalized spacial score (nSPS) is 15.2. The lowest BCUT2D eigenvalue weighted by atomic mass is 10.0. The van der Waals surface area contributed by atoms with E-state index >= 15 is 0 Å². The summed E-state index contributed by atoms with van der Waals surface area (Å²) in [5.41, 5.74) is -1.43. The Kier molecular flexibility index (Phi) is 8.00.